The number of amides is 1. The molecule has 1 heterocycles. The standard InChI is InChI=1S/C15H19ClN2O2/c1-5-18-9-10(16)13-11(7-6-8-12(13)18)17-14(19)20-15(2,3)4/h6-9H,5H2,1-4H3,(H,17,19). The average Bonchev–Trinajstić information content (AvgIpc) is 2.65. The van der Waals surface area contributed by atoms with Crippen molar-refractivity contribution in [1.29, 1.82) is 0 Å². The van der Waals surface area contributed by atoms with Crippen molar-refractivity contribution < 1.29 is 9.53 Å². The van der Waals surface area contributed by atoms with Gasteiger partial charge in [0.15, 0.2) is 0 Å². The summed E-state index contributed by atoms with van der Waals surface area (Å²) in [6.07, 6.45) is 1.39. The average molecular weight is 295 g/mol. The molecular formula is C15H19ClN2O2. The van der Waals surface area contributed by atoms with Crippen LogP contribution in [0.3, 0.4) is 0 Å². The number of fused-ring (bicyclic) bond motifs is 1. The van der Waals surface area contributed by atoms with Gasteiger partial charge in [-0.05, 0) is 39.8 Å². The highest BCUT2D eigenvalue weighted by molar-refractivity contribution is 6.37. The fourth-order valence-corrected chi connectivity index (χ4v) is 2.40. The Labute approximate surface area is 123 Å². The minimum atomic E-state index is -0.531. The van der Waals surface area contributed by atoms with E-state index in [1.165, 1.54) is 0 Å². The van der Waals surface area contributed by atoms with E-state index in [1.807, 2.05) is 56.7 Å². The van der Waals surface area contributed by atoms with Crippen molar-refractivity contribution in [3.8, 4) is 0 Å². The lowest BCUT2D eigenvalue weighted by Crippen LogP contribution is -2.27. The van der Waals surface area contributed by atoms with Crippen LogP contribution in [-0.2, 0) is 11.3 Å². The lowest BCUT2D eigenvalue weighted by molar-refractivity contribution is 0.0636. The van der Waals surface area contributed by atoms with Crippen LogP contribution in [0, 0.1) is 0 Å². The van der Waals surface area contributed by atoms with Crippen molar-refractivity contribution in [1.82, 2.24) is 4.57 Å². The lowest BCUT2D eigenvalue weighted by atomic mass is 10.2. The normalized spacial score (nSPS) is 11.7. The second-order valence-corrected chi connectivity index (χ2v) is 6.00. The van der Waals surface area contributed by atoms with Crippen molar-refractivity contribution in [3.63, 3.8) is 0 Å². The number of hydrogen-bond acceptors (Lipinski definition) is 2. The maximum atomic E-state index is 11.9. The molecule has 2 aromatic rings. The minimum Gasteiger partial charge on any atom is -0.444 e. The predicted octanol–water partition coefficient (Wildman–Crippen LogP) is 4.66. The number of rotatable bonds is 2. The number of nitrogens with one attached hydrogen (secondary N) is 1. The van der Waals surface area contributed by atoms with Crippen molar-refractivity contribution in [3.05, 3.63) is 29.4 Å². The number of anilines is 1. The number of ether oxygens (including phenoxy) is 1. The maximum absolute atomic E-state index is 11.9. The van der Waals surface area contributed by atoms with E-state index >= 15 is 0 Å². The van der Waals surface area contributed by atoms with Gasteiger partial charge in [0, 0.05) is 18.1 Å². The summed E-state index contributed by atoms with van der Waals surface area (Å²) in [6, 6.07) is 5.68. The predicted molar refractivity (Wildman–Crippen MR) is 82.5 cm³/mol. The van der Waals surface area contributed by atoms with E-state index in [0.717, 1.165) is 17.4 Å². The monoisotopic (exact) mass is 294 g/mol. The fourth-order valence-electron chi connectivity index (χ4n) is 2.08. The topological polar surface area (TPSA) is 43.3 Å². The number of aryl methyl sites for hydroxylation is 1. The molecule has 0 aliphatic rings. The summed E-state index contributed by atoms with van der Waals surface area (Å²) in [6.45, 7) is 8.35. The second kappa shape index (κ2) is 5.37. The molecule has 0 fully saturated rings. The quantitative estimate of drug-likeness (QED) is 0.875. The van der Waals surface area contributed by atoms with Crippen LogP contribution in [0.2, 0.25) is 5.02 Å². The van der Waals surface area contributed by atoms with Crippen LogP contribution >= 0.6 is 11.6 Å². The number of nitrogens with zero attached hydrogens (tertiary/aromatic N) is 1. The first-order valence-corrected chi connectivity index (χ1v) is 6.97. The molecular weight excluding hydrogens is 276 g/mol. The molecule has 0 spiro atoms. The summed E-state index contributed by atoms with van der Waals surface area (Å²) in [5.74, 6) is 0. The zero-order chi connectivity index (χ0) is 14.9. The van der Waals surface area contributed by atoms with Gasteiger partial charge in [0.1, 0.15) is 5.60 Å². The van der Waals surface area contributed by atoms with Crippen LogP contribution in [0.4, 0.5) is 10.5 Å². The van der Waals surface area contributed by atoms with Crippen LogP contribution < -0.4 is 5.32 Å². The van der Waals surface area contributed by atoms with Gasteiger partial charge in [0.05, 0.1) is 16.2 Å². The molecule has 1 aromatic heterocycles. The van der Waals surface area contributed by atoms with E-state index in [9.17, 15) is 4.79 Å². The number of benzene rings is 1. The van der Waals surface area contributed by atoms with E-state index in [1.54, 1.807) is 0 Å². The molecule has 0 unspecified atom stereocenters. The Hall–Kier alpha value is -1.68. The van der Waals surface area contributed by atoms with Crippen LogP contribution in [0.15, 0.2) is 24.4 Å². The Morgan fingerprint density at radius 2 is 2.10 bits per heavy atom. The summed E-state index contributed by atoms with van der Waals surface area (Å²) in [5, 5.41) is 4.21. The van der Waals surface area contributed by atoms with Gasteiger partial charge < -0.3 is 9.30 Å². The minimum absolute atomic E-state index is 0.481. The zero-order valence-corrected chi connectivity index (χ0v) is 12.9. The molecule has 20 heavy (non-hydrogen) atoms. The summed E-state index contributed by atoms with van der Waals surface area (Å²) in [7, 11) is 0. The first kappa shape index (κ1) is 14.7. The maximum Gasteiger partial charge on any atom is 0.412 e. The smallest absolute Gasteiger partial charge is 0.412 e. The van der Waals surface area contributed by atoms with Gasteiger partial charge in [-0.3, -0.25) is 5.32 Å². The first-order valence-electron chi connectivity index (χ1n) is 6.59. The molecule has 0 saturated heterocycles. The molecule has 1 amide bonds. The van der Waals surface area contributed by atoms with Crippen LogP contribution in [0.25, 0.3) is 10.9 Å². The highest BCUT2D eigenvalue weighted by Crippen LogP contribution is 2.32. The molecule has 0 aliphatic heterocycles. The van der Waals surface area contributed by atoms with Gasteiger partial charge in [-0.25, -0.2) is 4.79 Å². The third-order valence-corrected chi connectivity index (χ3v) is 3.12. The number of carbonyl (C=O) groups excluding carboxylic acids is 1. The summed E-state index contributed by atoms with van der Waals surface area (Å²) in [5.41, 5.74) is 1.12. The van der Waals surface area contributed by atoms with Crippen molar-refractivity contribution >= 4 is 34.3 Å². The Morgan fingerprint density at radius 1 is 1.40 bits per heavy atom. The van der Waals surface area contributed by atoms with Crippen molar-refractivity contribution in [2.45, 2.75) is 39.8 Å². The number of halogens is 1. The molecule has 0 saturated carbocycles. The molecule has 0 aliphatic carbocycles. The van der Waals surface area contributed by atoms with Crippen LogP contribution in [-0.4, -0.2) is 16.3 Å². The fraction of sp³-hybridized carbons (Fsp3) is 0.400. The van der Waals surface area contributed by atoms with Crippen LogP contribution in [0.1, 0.15) is 27.7 Å². The second-order valence-electron chi connectivity index (χ2n) is 5.59. The largest absolute Gasteiger partial charge is 0.444 e. The third-order valence-electron chi connectivity index (χ3n) is 2.84. The SMILES string of the molecule is CCn1cc(Cl)c2c(NC(=O)OC(C)(C)C)cccc21. The lowest BCUT2D eigenvalue weighted by Gasteiger charge is -2.20. The summed E-state index contributed by atoms with van der Waals surface area (Å²) >= 11 is 6.27. The third kappa shape index (κ3) is 3.07. The summed E-state index contributed by atoms with van der Waals surface area (Å²) in [4.78, 5) is 11.9. The highest BCUT2D eigenvalue weighted by Gasteiger charge is 2.18. The summed E-state index contributed by atoms with van der Waals surface area (Å²) < 4.78 is 7.30. The Bertz CT molecular complexity index is 641. The van der Waals surface area contributed by atoms with E-state index in [-0.39, 0.29) is 0 Å². The molecule has 1 aromatic carbocycles. The molecule has 5 heteroatoms. The van der Waals surface area contributed by atoms with E-state index in [4.69, 9.17) is 16.3 Å². The van der Waals surface area contributed by atoms with Gasteiger partial charge in [0.25, 0.3) is 0 Å². The molecule has 0 atom stereocenters. The van der Waals surface area contributed by atoms with Crippen molar-refractivity contribution in [2.75, 3.05) is 5.32 Å². The molecule has 1 N–H and O–H groups in total. The number of carbonyl (C=O) groups is 1. The van der Waals surface area contributed by atoms with Gasteiger partial charge in [-0.1, -0.05) is 17.7 Å². The molecule has 4 nitrogen and oxygen atoms in total. The Kier molecular flexibility index (Phi) is 3.95. The van der Waals surface area contributed by atoms with Crippen molar-refractivity contribution in [2.24, 2.45) is 0 Å². The zero-order valence-electron chi connectivity index (χ0n) is 12.2. The first-order chi connectivity index (χ1) is 9.31. The van der Waals surface area contributed by atoms with E-state index < -0.39 is 11.7 Å². The van der Waals surface area contributed by atoms with Gasteiger partial charge in [-0.2, -0.15) is 0 Å². The van der Waals surface area contributed by atoms with Gasteiger partial charge >= 0.3 is 6.09 Å². The van der Waals surface area contributed by atoms with Gasteiger partial charge in [0.2, 0.25) is 0 Å². The number of hydrogen-bond donors (Lipinski definition) is 1. The number of aromatic nitrogens is 1. The Morgan fingerprint density at radius 3 is 2.70 bits per heavy atom. The molecule has 0 bridgehead atoms. The van der Waals surface area contributed by atoms with E-state index in [0.29, 0.717) is 10.7 Å². The Balaban J connectivity index is 2.36. The molecule has 108 valence electrons. The van der Waals surface area contributed by atoms with Gasteiger partial charge in [-0.15, -0.1) is 0 Å². The highest BCUT2D eigenvalue weighted by atomic mass is 35.5. The molecule has 2 rings (SSSR count). The van der Waals surface area contributed by atoms with E-state index in [2.05, 4.69) is 5.32 Å². The molecule has 0 radical (unpaired) electrons. The van der Waals surface area contributed by atoms with Crippen LogP contribution in [0.5, 0.6) is 0 Å².